The Kier molecular flexibility index (Phi) is 4.56. The molecule has 1 aromatic carbocycles. The number of aryl methyl sites for hydroxylation is 1. The fourth-order valence-electron chi connectivity index (χ4n) is 1.80. The van der Waals surface area contributed by atoms with Crippen LogP contribution in [0.5, 0.6) is 0 Å². The number of nitrogens with zero attached hydrogens (tertiary/aromatic N) is 1. The van der Waals surface area contributed by atoms with Crippen molar-refractivity contribution in [2.75, 3.05) is 0 Å². The molecule has 22 heavy (non-hydrogen) atoms. The molecule has 0 aliphatic heterocycles. The number of rotatable bonds is 4. The monoisotopic (exact) mass is 433 g/mol. The van der Waals surface area contributed by atoms with Gasteiger partial charge in [0.25, 0.3) is 21.8 Å². The van der Waals surface area contributed by atoms with E-state index in [-0.39, 0.29) is 16.2 Å². The molecule has 0 saturated heterocycles. The summed E-state index contributed by atoms with van der Waals surface area (Å²) in [4.78, 5) is 23.0. The predicted molar refractivity (Wildman–Crippen MR) is 87.7 cm³/mol. The van der Waals surface area contributed by atoms with Gasteiger partial charge in [-0.15, -0.1) is 0 Å². The molecule has 116 valence electrons. The van der Waals surface area contributed by atoms with E-state index in [0.717, 1.165) is 9.64 Å². The highest BCUT2D eigenvalue weighted by Gasteiger charge is 2.22. The van der Waals surface area contributed by atoms with Crippen molar-refractivity contribution in [3.63, 3.8) is 0 Å². The van der Waals surface area contributed by atoms with Crippen LogP contribution < -0.4 is 10.5 Å². The number of hydrogen-bond donors (Lipinski definition) is 2. The number of sulfonamides is 1. The maximum Gasteiger partial charge on any atom is 0.265 e. The normalized spacial score (nSPS) is 11.2. The number of nitrogens with one attached hydrogen (secondary N) is 1. The van der Waals surface area contributed by atoms with E-state index in [1.807, 2.05) is 27.3 Å². The Labute approximate surface area is 140 Å². The smallest absolute Gasteiger partial charge is 0.265 e. The topological polar surface area (TPSA) is 111 Å². The van der Waals surface area contributed by atoms with E-state index in [4.69, 9.17) is 5.73 Å². The molecular formula is C13H12IN3O4S. The lowest BCUT2D eigenvalue weighted by Crippen LogP contribution is -2.30. The Morgan fingerprint density at radius 2 is 1.95 bits per heavy atom. The van der Waals surface area contributed by atoms with Gasteiger partial charge in [0.1, 0.15) is 10.6 Å². The van der Waals surface area contributed by atoms with E-state index in [2.05, 4.69) is 0 Å². The summed E-state index contributed by atoms with van der Waals surface area (Å²) >= 11 is 2.02. The number of halogens is 1. The van der Waals surface area contributed by atoms with E-state index in [1.54, 1.807) is 18.2 Å². The molecule has 0 fully saturated rings. The first-order valence-electron chi connectivity index (χ1n) is 5.99. The van der Waals surface area contributed by atoms with Gasteiger partial charge < -0.3 is 10.3 Å². The second-order valence-electron chi connectivity index (χ2n) is 4.48. The molecule has 2 aromatic rings. The lowest BCUT2D eigenvalue weighted by molar-refractivity contribution is 0.0977. The number of nitrogens with two attached hydrogens (primary N) is 1. The van der Waals surface area contributed by atoms with Crippen molar-refractivity contribution >= 4 is 44.4 Å². The van der Waals surface area contributed by atoms with E-state index < -0.39 is 21.8 Å². The Hall–Kier alpha value is -1.88. The molecule has 7 nitrogen and oxygen atoms in total. The highest BCUT2D eigenvalue weighted by molar-refractivity contribution is 14.1. The second kappa shape index (κ2) is 6.08. The summed E-state index contributed by atoms with van der Waals surface area (Å²) in [5.41, 5.74) is 5.39. The minimum atomic E-state index is -4.09. The predicted octanol–water partition coefficient (Wildman–Crippen LogP) is 0.847. The zero-order valence-corrected chi connectivity index (χ0v) is 14.4. The number of primary amides is 1. The van der Waals surface area contributed by atoms with E-state index >= 15 is 0 Å². The van der Waals surface area contributed by atoms with Crippen LogP contribution in [0.15, 0.2) is 41.4 Å². The second-order valence-corrected chi connectivity index (χ2v) is 7.41. The molecule has 0 saturated carbocycles. The number of hydrogen-bond acceptors (Lipinski definition) is 4. The average Bonchev–Trinajstić information content (AvgIpc) is 2.81. The molecule has 0 atom stereocenters. The fraction of sp³-hybridized carbons (Fsp3) is 0.0769. The van der Waals surface area contributed by atoms with Crippen molar-refractivity contribution in [3.05, 3.63) is 51.4 Å². The average molecular weight is 433 g/mol. The van der Waals surface area contributed by atoms with Gasteiger partial charge in [0.15, 0.2) is 0 Å². The first-order chi connectivity index (χ1) is 10.2. The molecule has 0 aliphatic carbocycles. The summed E-state index contributed by atoms with van der Waals surface area (Å²) in [6.07, 6.45) is 1.21. The molecule has 2 amide bonds. The summed E-state index contributed by atoms with van der Waals surface area (Å²) in [6, 6.07) is 7.62. The van der Waals surface area contributed by atoms with Crippen molar-refractivity contribution in [2.24, 2.45) is 12.8 Å². The van der Waals surface area contributed by atoms with Crippen molar-refractivity contribution < 1.29 is 18.0 Å². The van der Waals surface area contributed by atoms with Crippen LogP contribution in [0.1, 0.15) is 20.8 Å². The van der Waals surface area contributed by atoms with Gasteiger partial charge in [-0.1, -0.05) is 6.07 Å². The van der Waals surface area contributed by atoms with Crippen LogP contribution in [0.2, 0.25) is 0 Å². The highest BCUT2D eigenvalue weighted by Crippen LogP contribution is 2.14. The molecule has 0 bridgehead atoms. The van der Waals surface area contributed by atoms with Gasteiger partial charge in [-0.2, -0.15) is 0 Å². The lowest BCUT2D eigenvalue weighted by atomic mass is 10.2. The molecule has 2 rings (SSSR count). The minimum Gasteiger partial charge on any atom is -0.364 e. The van der Waals surface area contributed by atoms with E-state index in [1.165, 1.54) is 23.9 Å². The zero-order chi connectivity index (χ0) is 16.5. The van der Waals surface area contributed by atoms with Crippen LogP contribution in [0.4, 0.5) is 0 Å². The summed E-state index contributed by atoms with van der Waals surface area (Å²) < 4.78 is 28.4. The van der Waals surface area contributed by atoms with Crippen molar-refractivity contribution in [1.29, 1.82) is 0 Å². The lowest BCUT2D eigenvalue weighted by Gasteiger charge is -2.05. The largest absolute Gasteiger partial charge is 0.364 e. The van der Waals surface area contributed by atoms with Gasteiger partial charge in [-0.3, -0.25) is 9.59 Å². The third-order valence-corrected chi connectivity index (χ3v) is 4.83. The first kappa shape index (κ1) is 16.5. The molecule has 0 unspecified atom stereocenters. The molecule has 9 heteroatoms. The van der Waals surface area contributed by atoms with Gasteiger partial charge in [-0.25, -0.2) is 13.1 Å². The Morgan fingerprint density at radius 1 is 1.27 bits per heavy atom. The minimum absolute atomic E-state index is 0.0297. The van der Waals surface area contributed by atoms with Crippen LogP contribution in [0.3, 0.4) is 0 Å². The number of carbonyl (C=O) groups excluding carboxylic acids is 2. The Bertz CT molecular complexity index is 858. The van der Waals surface area contributed by atoms with Gasteiger partial charge in [-0.05, 0) is 46.9 Å². The van der Waals surface area contributed by atoms with Crippen LogP contribution in [-0.4, -0.2) is 24.8 Å². The quantitative estimate of drug-likeness (QED) is 0.697. The molecular weight excluding hydrogens is 421 g/mol. The van der Waals surface area contributed by atoms with Gasteiger partial charge in [0.05, 0.1) is 0 Å². The summed E-state index contributed by atoms with van der Waals surface area (Å²) in [7, 11) is -2.60. The summed E-state index contributed by atoms with van der Waals surface area (Å²) in [6.45, 7) is 0. The van der Waals surface area contributed by atoms with E-state index in [0.29, 0.717) is 0 Å². The molecule has 1 heterocycles. The van der Waals surface area contributed by atoms with Gasteiger partial charge >= 0.3 is 0 Å². The van der Waals surface area contributed by atoms with Gasteiger partial charge in [0, 0.05) is 22.4 Å². The maximum atomic E-state index is 12.2. The maximum absolute atomic E-state index is 12.2. The van der Waals surface area contributed by atoms with Crippen LogP contribution in [-0.2, 0) is 17.1 Å². The number of carbonyl (C=O) groups is 2. The van der Waals surface area contributed by atoms with E-state index in [9.17, 15) is 18.0 Å². The number of amides is 2. The third kappa shape index (κ3) is 3.47. The third-order valence-electron chi connectivity index (χ3n) is 2.86. The van der Waals surface area contributed by atoms with Crippen LogP contribution >= 0.6 is 22.6 Å². The molecule has 1 aromatic heterocycles. The molecule has 3 N–H and O–H groups in total. The van der Waals surface area contributed by atoms with Crippen molar-refractivity contribution in [3.8, 4) is 0 Å². The van der Waals surface area contributed by atoms with Gasteiger partial charge in [0.2, 0.25) is 0 Å². The number of aromatic nitrogens is 1. The fourth-order valence-corrected chi connectivity index (χ4v) is 3.38. The van der Waals surface area contributed by atoms with Crippen LogP contribution in [0.25, 0.3) is 0 Å². The Balaban J connectivity index is 2.30. The van der Waals surface area contributed by atoms with Crippen molar-refractivity contribution in [2.45, 2.75) is 4.90 Å². The molecule has 0 radical (unpaired) electrons. The zero-order valence-electron chi connectivity index (χ0n) is 11.4. The summed E-state index contributed by atoms with van der Waals surface area (Å²) in [5.74, 6) is -1.50. The first-order valence-corrected chi connectivity index (χ1v) is 8.56. The standard InChI is InChI=1S/C13H12IN3O4S/c1-17-7-10(6-11(17)12(15)18)22(20,21)16-13(19)8-3-2-4-9(14)5-8/h2-7H,1H3,(H2,15,18)(H,16,19). The Morgan fingerprint density at radius 3 is 2.50 bits per heavy atom. The van der Waals surface area contributed by atoms with Crippen LogP contribution in [0, 0.1) is 3.57 Å². The summed E-state index contributed by atoms with van der Waals surface area (Å²) in [5, 5.41) is 0. The number of benzene rings is 1. The SMILES string of the molecule is Cn1cc(S(=O)(=O)NC(=O)c2cccc(I)c2)cc1C(N)=O. The highest BCUT2D eigenvalue weighted by atomic mass is 127. The molecule has 0 spiro atoms. The van der Waals surface area contributed by atoms with Crippen molar-refractivity contribution in [1.82, 2.24) is 9.29 Å². The molecule has 0 aliphatic rings.